The molecule has 0 unspecified atom stereocenters. The van der Waals surface area contributed by atoms with Crippen LogP contribution >= 0.6 is 0 Å². The molecule has 4 atom stereocenters. The fraction of sp³-hybridized carbons (Fsp3) is 0.800. The maximum absolute atomic E-state index is 12.7. The van der Waals surface area contributed by atoms with Gasteiger partial charge in [0.1, 0.15) is 18.1 Å². The summed E-state index contributed by atoms with van der Waals surface area (Å²) in [5.41, 5.74) is 0. The second kappa shape index (κ2) is 12.5. The van der Waals surface area contributed by atoms with Crippen LogP contribution < -0.4 is 21.3 Å². The van der Waals surface area contributed by atoms with Crippen molar-refractivity contribution in [3.8, 4) is 0 Å². The van der Waals surface area contributed by atoms with E-state index in [4.69, 9.17) is 9.47 Å². The maximum Gasteiger partial charge on any atom is 0.328 e. The van der Waals surface area contributed by atoms with Gasteiger partial charge >= 0.3 is 5.97 Å². The monoisotopic (exact) mass is 428 g/mol. The molecule has 0 spiro atoms. The fourth-order valence-corrected chi connectivity index (χ4v) is 3.13. The Balaban J connectivity index is 2.67. The summed E-state index contributed by atoms with van der Waals surface area (Å²) in [6.45, 7) is 10.0. The molecule has 0 bridgehead atoms. The molecule has 1 aliphatic rings. The number of amides is 3. The van der Waals surface area contributed by atoms with Crippen LogP contribution in [0.3, 0.4) is 0 Å². The van der Waals surface area contributed by atoms with Crippen molar-refractivity contribution in [2.24, 2.45) is 11.8 Å². The van der Waals surface area contributed by atoms with Crippen LogP contribution in [-0.4, -0.2) is 74.7 Å². The zero-order chi connectivity index (χ0) is 22.8. The Kier molecular flexibility index (Phi) is 10.8. The lowest BCUT2D eigenvalue weighted by atomic mass is 10.0. The van der Waals surface area contributed by atoms with E-state index in [0.717, 1.165) is 0 Å². The highest BCUT2D eigenvalue weighted by molar-refractivity contribution is 5.92. The Bertz CT molecular complexity index is 610. The number of carbonyl (C=O) groups excluding carboxylic acids is 4. The van der Waals surface area contributed by atoms with Gasteiger partial charge in [-0.05, 0) is 25.2 Å². The molecule has 1 fully saturated rings. The summed E-state index contributed by atoms with van der Waals surface area (Å²) in [5.74, 6) is -1.90. The third-order valence-electron chi connectivity index (χ3n) is 4.80. The van der Waals surface area contributed by atoms with E-state index in [9.17, 15) is 19.2 Å². The number of ether oxygens (including phenoxy) is 2. The number of nitrogens with one attached hydrogen (secondary N) is 4. The van der Waals surface area contributed by atoms with Gasteiger partial charge in [-0.1, -0.05) is 27.7 Å². The number of esters is 1. The molecular formula is C20H36N4O6. The van der Waals surface area contributed by atoms with Gasteiger partial charge in [0, 0.05) is 6.54 Å². The average molecular weight is 429 g/mol. The Morgan fingerprint density at radius 3 is 2.33 bits per heavy atom. The highest BCUT2D eigenvalue weighted by Gasteiger charge is 2.31. The standard InChI is InChI=1S/C20H36N4O6/c1-11(2)9-14(18(26)24-16(12(3)4)20(28)29-6)23-15(25)10-22-19(27)17-13(5)30-8-7-21-17/h11-14,16-17,21H,7-10H2,1-6H3,(H,22,27)(H,23,25)(H,24,26)/t13-,14-,16-,17+/m1/s1. The van der Waals surface area contributed by atoms with Crippen molar-refractivity contribution in [1.29, 1.82) is 0 Å². The molecule has 1 heterocycles. The van der Waals surface area contributed by atoms with Gasteiger partial charge in [-0.25, -0.2) is 4.79 Å². The molecule has 10 heteroatoms. The Morgan fingerprint density at radius 1 is 1.13 bits per heavy atom. The van der Waals surface area contributed by atoms with Gasteiger partial charge in [0.05, 0.1) is 26.4 Å². The largest absolute Gasteiger partial charge is 0.467 e. The van der Waals surface area contributed by atoms with Gasteiger partial charge in [0.2, 0.25) is 17.7 Å². The maximum atomic E-state index is 12.7. The van der Waals surface area contributed by atoms with Gasteiger partial charge < -0.3 is 30.7 Å². The predicted octanol–water partition coefficient (Wildman–Crippen LogP) is -0.676. The molecular weight excluding hydrogens is 392 g/mol. The lowest BCUT2D eigenvalue weighted by Crippen LogP contribution is -2.57. The second-order valence-electron chi connectivity index (χ2n) is 8.23. The van der Waals surface area contributed by atoms with E-state index in [2.05, 4.69) is 21.3 Å². The van der Waals surface area contributed by atoms with Crippen LogP contribution in [0.15, 0.2) is 0 Å². The third-order valence-corrected chi connectivity index (χ3v) is 4.80. The molecule has 10 nitrogen and oxygen atoms in total. The first-order chi connectivity index (χ1) is 14.1. The van der Waals surface area contributed by atoms with Crippen molar-refractivity contribution >= 4 is 23.7 Å². The van der Waals surface area contributed by atoms with Crippen LogP contribution in [0.5, 0.6) is 0 Å². The number of morpholine rings is 1. The minimum Gasteiger partial charge on any atom is -0.467 e. The minimum atomic E-state index is -0.838. The molecule has 1 aliphatic heterocycles. The van der Waals surface area contributed by atoms with Crippen LogP contribution in [0.25, 0.3) is 0 Å². The van der Waals surface area contributed by atoms with Crippen LogP contribution in [-0.2, 0) is 28.7 Å². The quantitative estimate of drug-likeness (QED) is 0.339. The summed E-state index contributed by atoms with van der Waals surface area (Å²) in [4.78, 5) is 49.3. The zero-order valence-corrected chi connectivity index (χ0v) is 18.7. The molecule has 0 aromatic heterocycles. The third kappa shape index (κ3) is 8.27. The zero-order valence-electron chi connectivity index (χ0n) is 18.7. The van der Waals surface area contributed by atoms with Gasteiger partial charge in [0.25, 0.3) is 0 Å². The van der Waals surface area contributed by atoms with Crippen molar-refractivity contribution in [2.45, 2.75) is 65.3 Å². The molecule has 0 saturated carbocycles. The molecule has 4 N–H and O–H groups in total. The van der Waals surface area contributed by atoms with Crippen LogP contribution in [0.1, 0.15) is 41.0 Å². The van der Waals surface area contributed by atoms with Crippen molar-refractivity contribution in [1.82, 2.24) is 21.3 Å². The number of hydrogen-bond donors (Lipinski definition) is 4. The van der Waals surface area contributed by atoms with Crippen molar-refractivity contribution in [3.05, 3.63) is 0 Å². The van der Waals surface area contributed by atoms with E-state index in [0.29, 0.717) is 19.6 Å². The number of methoxy groups -OCH3 is 1. The van der Waals surface area contributed by atoms with E-state index in [1.54, 1.807) is 20.8 Å². The summed E-state index contributed by atoms with van der Waals surface area (Å²) in [6.07, 6.45) is 0.0830. The summed E-state index contributed by atoms with van der Waals surface area (Å²) in [7, 11) is 1.26. The van der Waals surface area contributed by atoms with Gasteiger partial charge in [-0.3, -0.25) is 14.4 Å². The van der Waals surface area contributed by atoms with Crippen LogP contribution in [0.4, 0.5) is 0 Å². The number of rotatable bonds is 10. The van der Waals surface area contributed by atoms with E-state index >= 15 is 0 Å². The molecule has 3 amide bonds. The SMILES string of the molecule is COC(=O)[C@H](NC(=O)[C@@H](CC(C)C)NC(=O)CNC(=O)[C@H]1NCCO[C@@H]1C)C(C)C. The molecule has 172 valence electrons. The van der Waals surface area contributed by atoms with Crippen LogP contribution in [0.2, 0.25) is 0 Å². The van der Waals surface area contributed by atoms with Gasteiger partial charge in [0.15, 0.2) is 0 Å². The second-order valence-corrected chi connectivity index (χ2v) is 8.23. The molecule has 1 rings (SSSR count). The lowest BCUT2D eigenvalue weighted by molar-refractivity contribution is -0.146. The number of hydrogen-bond acceptors (Lipinski definition) is 7. The van der Waals surface area contributed by atoms with E-state index < -0.39 is 35.9 Å². The molecule has 0 aromatic rings. The Labute approximate surface area is 178 Å². The summed E-state index contributed by atoms with van der Waals surface area (Å²) in [6, 6.07) is -2.18. The van der Waals surface area contributed by atoms with E-state index in [1.165, 1.54) is 7.11 Å². The summed E-state index contributed by atoms with van der Waals surface area (Å²) < 4.78 is 10.2. The lowest BCUT2D eigenvalue weighted by Gasteiger charge is -2.29. The molecule has 0 aliphatic carbocycles. The van der Waals surface area contributed by atoms with Crippen molar-refractivity contribution in [2.75, 3.05) is 26.8 Å². The topological polar surface area (TPSA) is 135 Å². The first kappa shape index (κ1) is 25.8. The molecule has 0 aromatic carbocycles. The summed E-state index contributed by atoms with van der Waals surface area (Å²) in [5, 5.41) is 10.9. The van der Waals surface area contributed by atoms with Crippen molar-refractivity contribution < 1.29 is 28.7 Å². The highest BCUT2D eigenvalue weighted by atomic mass is 16.5. The first-order valence-electron chi connectivity index (χ1n) is 10.4. The molecule has 1 saturated heterocycles. The van der Waals surface area contributed by atoms with Gasteiger partial charge in [-0.15, -0.1) is 0 Å². The molecule has 30 heavy (non-hydrogen) atoms. The van der Waals surface area contributed by atoms with E-state index in [1.807, 2.05) is 13.8 Å². The van der Waals surface area contributed by atoms with Crippen LogP contribution in [0, 0.1) is 11.8 Å². The number of carbonyl (C=O) groups is 4. The predicted molar refractivity (Wildman–Crippen MR) is 110 cm³/mol. The highest BCUT2D eigenvalue weighted by Crippen LogP contribution is 2.09. The Hall–Kier alpha value is -2.20. The van der Waals surface area contributed by atoms with Crippen molar-refractivity contribution in [3.63, 3.8) is 0 Å². The van der Waals surface area contributed by atoms with E-state index in [-0.39, 0.29) is 30.4 Å². The van der Waals surface area contributed by atoms with Gasteiger partial charge in [-0.2, -0.15) is 0 Å². The molecule has 0 radical (unpaired) electrons. The smallest absolute Gasteiger partial charge is 0.328 e. The Morgan fingerprint density at radius 2 is 1.80 bits per heavy atom. The summed E-state index contributed by atoms with van der Waals surface area (Å²) >= 11 is 0. The first-order valence-corrected chi connectivity index (χ1v) is 10.4. The minimum absolute atomic E-state index is 0.121. The normalized spacial score (nSPS) is 20.9. The average Bonchev–Trinajstić information content (AvgIpc) is 2.68. The fourth-order valence-electron chi connectivity index (χ4n) is 3.13.